The standard InChI is InChI=1S/C18H20N2O3S/c1-12-5-8-15(24-12)18(21)20-10-11-22-17-13(20)6-7-14(17)23-16-4-2-3-9-19-16/h2-5,8-9,13-14,17H,6-7,10-11H2,1H3/t13-,14+,17+/m1/s1. The van der Waals surface area contributed by atoms with Crippen molar-refractivity contribution in [3.8, 4) is 5.88 Å². The highest BCUT2D eigenvalue weighted by atomic mass is 32.1. The third kappa shape index (κ3) is 2.91. The number of amides is 1. The summed E-state index contributed by atoms with van der Waals surface area (Å²) >= 11 is 1.55. The summed E-state index contributed by atoms with van der Waals surface area (Å²) in [6, 6.07) is 9.63. The molecule has 1 saturated carbocycles. The van der Waals surface area contributed by atoms with Crippen molar-refractivity contribution in [2.75, 3.05) is 13.2 Å². The molecule has 2 fully saturated rings. The van der Waals surface area contributed by atoms with Crippen molar-refractivity contribution in [2.45, 2.75) is 38.0 Å². The molecule has 0 N–H and O–H groups in total. The molecule has 3 atom stereocenters. The molecule has 0 spiro atoms. The first-order chi connectivity index (χ1) is 11.7. The monoisotopic (exact) mass is 344 g/mol. The highest BCUT2D eigenvalue weighted by Crippen LogP contribution is 2.34. The summed E-state index contributed by atoms with van der Waals surface area (Å²) in [5.41, 5.74) is 0. The average molecular weight is 344 g/mol. The Morgan fingerprint density at radius 2 is 2.25 bits per heavy atom. The van der Waals surface area contributed by atoms with Crippen molar-refractivity contribution in [3.63, 3.8) is 0 Å². The molecule has 2 aromatic heterocycles. The fraction of sp³-hybridized carbons (Fsp3) is 0.444. The maximum atomic E-state index is 12.8. The highest BCUT2D eigenvalue weighted by molar-refractivity contribution is 7.13. The first kappa shape index (κ1) is 15.6. The van der Waals surface area contributed by atoms with Gasteiger partial charge < -0.3 is 14.4 Å². The van der Waals surface area contributed by atoms with Crippen LogP contribution in [0.2, 0.25) is 0 Å². The number of ether oxygens (including phenoxy) is 2. The first-order valence-corrected chi connectivity index (χ1v) is 9.11. The van der Waals surface area contributed by atoms with Crippen LogP contribution in [0.25, 0.3) is 0 Å². The normalized spacial score (nSPS) is 26.2. The number of aromatic nitrogens is 1. The molecule has 4 rings (SSSR count). The Morgan fingerprint density at radius 1 is 1.33 bits per heavy atom. The van der Waals surface area contributed by atoms with Crippen LogP contribution < -0.4 is 4.74 Å². The molecule has 5 nitrogen and oxygen atoms in total. The van der Waals surface area contributed by atoms with E-state index in [4.69, 9.17) is 9.47 Å². The molecule has 6 heteroatoms. The zero-order valence-electron chi connectivity index (χ0n) is 13.6. The number of hydrogen-bond donors (Lipinski definition) is 0. The van der Waals surface area contributed by atoms with Crippen LogP contribution in [0.4, 0.5) is 0 Å². The van der Waals surface area contributed by atoms with Crippen molar-refractivity contribution in [1.82, 2.24) is 9.88 Å². The van der Waals surface area contributed by atoms with Gasteiger partial charge in [0.05, 0.1) is 17.5 Å². The van der Waals surface area contributed by atoms with Gasteiger partial charge >= 0.3 is 0 Å². The van der Waals surface area contributed by atoms with Crippen LogP contribution in [0.15, 0.2) is 36.5 Å². The van der Waals surface area contributed by atoms with E-state index in [1.54, 1.807) is 17.5 Å². The summed E-state index contributed by atoms with van der Waals surface area (Å²) in [5, 5.41) is 0. The smallest absolute Gasteiger partial charge is 0.264 e. The molecule has 1 saturated heterocycles. The Labute approximate surface area is 145 Å². The van der Waals surface area contributed by atoms with Gasteiger partial charge in [-0.25, -0.2) is 4.98 Å². The molecule has 0 unspecified atom stereocenters. The predicted molar refractivity (Wildman–Crippen MR) is 91.5 cm³/mol. The van der Waals surface area contributed by atoms with E-state index < -0.39 is 0 Å². The maximum Gasteiger partial charge on any atom is 0.264 e. The van der Waals surface area contributed by atoms with Crippen molar-refractivity contribution >= 4 is 17.2 Å². The molecule has 24 heavy (non-hydrogen) atoms. The summed E-state index contributed by atoms with van der Waals surface area (Å²) in [6.07, 6.45) is 3.37. The van der Waals surface area contributed by atoms with Gasteiger partial charge in [0.1, 0.15) is 12.2 Å². The molecule has 0 radical (unpaired) electrons. The number of pyridine rings is 1. The lowest BCUT2D eigenvalue weighted by Crippen LogP contribution is -2.54. The molecular formula is C18H20N2O3S. The minimum Gasteiger partial charge on any atom is -0.471 e. The van der Waals surface area contributed by atoms with Crippen LogP contribution in [0.5, 0.6) is 5.88 Å². The number of nitrogens with zero attached hydrogens (tertiary/aromatic N) is 2. The lowest BCUT2D eigenvalue weighted by atomic mass is 10.1. The maximum absolute atomic E-state index is 12.8. The van der Waals surface area contributed by atoms with E-state index in [-0.39, 0.29) is 24.2 Å². The number of carbonyl (C=O) groups excluding carboxylic acids is 1. The summed E-state index contributed by atoms with van der Waals surface area (Å²) < 4.78 is 12.0. The van der Waals surface area contributed by atoms with Crippen LogP contribution in [0, 0.1) is 6.92 Å². The van der Waals surface area contributed by atoms with Crippen LogP contribution >= 0.6 is 11.3 Å². The molecule has 1 amide bonds. The topological polar surface area (TPSA) is 51.7 Å². The second kappa shape index (κ2) is 6.53. The SMILES string of the molecule is Cc1ccc(C(=O)N2CCO[C@@H]3[C@@H](Oc4ccccn4)CC[C@H]32)s1. The summed E-state index contributed by atoms with van der Waals surface area (Å²) in [4.78, 5) is 21.0. The van der Waals surface area contributed by atoms with Gasteiger partial charge in [0.25, 0.3) is 5.91 Å². The minimum absolute atomic E-state index is 0.0504. The molecule has 1 aliphatic heterocycles. The Morgan fingerprint density at radius 3 is 3.00 bits per heavy atom. The largest absolute Gasteiger partial charge is 0.471 e. The van der Waals surface area contributed by atoms with Crippen molar-refractivity contribution < 1.29 is 14.3 Å². The third-order valence-corrected chi connectivity index (χ3v) is 5.65. The number of morpholine rings is 1. The summed E-state index contributed by atoms with van der Waals surface area (Å²) in [5.74, 6) is 0.731. The average Bonchev–Trinajstić information content (AvgIpc) is 3.22. The zero-order chi connectivity index (χ0) is 16.5. The van der Waals surface area contributed by atoms with Crippen molar-refractivity contribution in [3.05, 3.63) is 46.3 Å². The second-order valence-corrected chi connectivity index (χ2v) is 7.50. The molecule has 1 aliphatic carbocycles. The van der Waals surface area contributed by atoms with Crippen LogP contribution in [-0.4, -0.2) is 47.2 Å². The van der Waals surface area contributed by atoms with Gasteiger partial charge in [0.2, 0.25) is 5.88 Å². The molecule has 2 aliphatic rings. The van der Waals surface area contributed by atoms with Crippen LogP contribution in [-0.2, 0) is 4.74 Å². The van der Waals surface area contributed by atoms with Gasteiger partial charge in [-0.1, -0.05) is 6.07 Å². The van der Waals surface area contributed by atoms with E-state index >= 15 is 0 Å². The van der Waals surface area contributed by atoms with Gasteiger partial charge in [0.15, 0.2) is 0 Å². The van der Waals surface area contributed by atoms with E-state index in [1.807, 2.05) is 42.2 Å². The van der Waals surface area contributed by atoms with E-state index in [0.717, 1.165) is 22.6 Å². The van der Waals surface area contributed by atoms with Crippen LogP contribution in [0.3, 0.4) is 0 Å². The fourth-order valence-electron chi connectivity index (χ4n) is 3.56. The van der Waals surface area contributed by atoms with Gasteiger partial charge in [-0.3, -0.25) is 4.79 Å². The summed E-state index contributed by atoms with van der Waals surface area (Å²) in [6.45, 7) is 3.22. The van der Waals surface area contributed by atoms with Gasteiger partial charge in [-0.05, 0) is 38.0 Å². The minimum atomic E-state index is -0.0780. The van der Waals surface area contributed by atoms with E-state index in [2.05, 4.69) is 4.98 Å². The first-order valence-electron chi connectivity index (χ1n) is 8.29. The second-order valence-electron chi connectivity index (χ2n) is 6.21. The predicted octanol–water partition coefficient (Wildman–Crippen LogP) is 2.90. The number of rotatable bonds is 3. The molecule has 0 aromatic carbocycles. The van der Waals surface area contributed by atoms with Gasteiger partial charge in [-0.2, -0.15) is 0 Å². The molecule has 0 bridgehead atoms. The lowest BCUT2D eigenvalue weighted by molar-refractivity contribution is -0.0792. The summed E-state index contributed by atoms with van der Waals surface area (Å²) in [7, 11) is 0. The zero-order valence-corrected chi connectivity index (χ0v) is 14.4. The number of hydrogen-bond acceptors (Lipinski definition) is 5. The third-order valence-electron chi connectivity index (χ3n) is 4.66. The Hall–Kier alpha value is -1.92. The number of aryl methyl sites for hydroxylation is 1. The van der Waals surface area contributed by atoms with E-state index in [1.165, 1.54) is 0 Å². The molecule has 2 aromatic rings. The fourth-order valence-corrected chi connectivity index (χ4v) is 4.38. The number of carbonyl (C=O) groups is 1. The quantitative estimate of drug-likeness (QED) is 0.859. The van der Waals surface area contributed by atoms with Gasteiger partial charge in [-0.15, -0.1) is 11.3 Å². The molecule has 126 valence electrons. The van der Waals surface area contributed by atoms with Gasteiger partial charge in [0, 0.05) is 23.7 Å². The van der Waals surface area contributed by atoms with Crippen LogP contribution in [0.1, 0.15) is 27.4 Å². The number of fused-ring (bicyclic) bond motifs is 1. The Kier molecular flexibility index (Phi) is 4.24. The Balaban J connectivity index is 1.49. The highest BCUT2D eigenvalue weighted by Gasteiger charge is 2.46. The van der Waals surface area contributed by atoms with E-state index in [9.17, 15) is 4.79 Å². The van der Waals surface area contributed by atoms with Crippen molar-refractivity contribution in [2.24, 2.45) is 0 Å². The molecule has 3 heterocycles. The van der Waals surface area contributed by atoms with Crippen molar-refractivity contribution in [1.29, 1.82) is 0 Å². The lowest BCUT2D eigenvalue weighted by Gasteiger charge is -2.38. The Bertz CT molecular complexity index is 718. The van der Waals surface area contributed by atoms with E-state index in [0.29, 0.717) is 19.0 Å². The number of thiophene rings is 1. The molecular weight excluding hydrogens is 324 g/mol.